The van der Waals surface area contributed by atoms with Crippen LogP contribution in [0.3, 0.4) is 0 Å². The maximum atomic E-state index is 10.7. The molecule has 8 nitrogen and oxygen atoms in total. The predicted octanol–water partition coefficient (Wildman–Crippen LogP) is 6.38. The topological polar surface area (TPSA) is 135 Å². The molecule has 8 heteroatoms. The monoisotopic (exact) mass is 506 g/mol. The van der Waals surface area contributed by atoms with E-state index in [-0.39, 0.29) is 12.3 Å². The first-order chi connectivity index (χ1) is 18.3. The fraction of sp³-hybridized carbons (Fsp3) is 0.133. The van der Waals surface area contributed by atoms with Crippen LogP contribution in [-0.4, -0.2) is 4.92 Å². The van der Waals surface area contributed by atoms with E-state index >= 15 is 0 Å². The molecule has 0 aliphatic rings. The Labute approximate surface area is 221 Å². The summed E-state index contributed by atoms with van der Waals surface area (Å²) in [6, 6.07) is 28.8. The van der Waals surface area contributed by atoms with Gasteiger partial charge in [0.15, 0.2) is 0 Å². The third-order valence-electron chi connectivity index (χ3n) is 5.61. The highest BCUT2D eigenvalue weighted by molar-refractivity contribution is 5.47. The lowest BCUT2D eigenvalue weighted by Gasteiger charge is -2.10. The van der Waals surface area contributed by atoms with Gasteiger partial charge in [0.25, 0.3) is 5.69 Å². The Balaban J connectivity index is 0.000000212. The van der Waals surface area contributed by atoms with Crippen LogP contribution in [0.25, 0.3) is 0 Å². The van der Waals surface area contributed by atoms with E-state index in [9.17, 15) is 10.1 Å². The fourth-order valence-corrected chi connectivity index (χ4v) is 3.57. The molecule has 0 unspecified atom stereocenters. The molecule has 0 saturated heterocycles. The lowest BCUT2D eigenvalue weighted by atomic mass is 10.1. The molecule has 4 aromatic rings. The van der Waals surface area contributed by atoms with Crippen LogP contribution in [-0.2, 0) is 13.2 Å². The van der Waals surface area contributed by atoms with Crippen molar-refractivity contribution in [3.05, 3.63) is 128 Å². The lowest BCUT2D eigenvalue weighted by molar-refractivity contribution is -0.384. The normalized spacial score (nSPS) is 9.79. The van der Waals surface area contributed by atoms with E-state index in [4.69, 9.17) is 25.7 Å². The number of nitrogen functional groups attached to an aromatic ring is 1. The van der Waals surface area contributed by atoms with Crippen molar-refractivity contribution in [3.63, 3.8) is 0 Å². The van der Waals surface area contributed by atoms with Crippen molar-refractivity contribution in [3.8, 4) is 23.6 Å². The van der Waals surface area contributed by atoms with Crippen LogP contribution in [0.15, 0.2) is 84.9 Å². The van der Waals surface area contributed by atoms with Gasteiger partial charge in [-0.25, -0.2) is 0 Å². The van der Waals surface area contributed by atoms with E-state index in [0.29, 0.717) is 29.0 Å². The average Bonchev–Trinajstić information content (AvgIpc) is 2.92. The summed E-state index contributed by atoms with van der Waals surface area (Å²) >= 11 is 0. The first-order valence-electron chi connectivity index (χ1n) is 11.6. The summed E-state index contributed by atoms with van der Waals surface area (Å²) in [5, 5.41) is 28.6. The molecular weight excluding hydrogens is 480 g/mol. The van der Waals surface area contributed by atoms with Crippen molar-refractivity contribution in [1.82, 2.24) is 0 Å². The van der Waals surface area contributed by atoms with Crippen LogP contribution in [0, 0.1) is 46.6 Å². The Bertz CT molecular complexity index is 1520. The third kappa shape index (κ3) is 7.33. The molecular formula is C30H26N4O4. The van der Waals surface area contributed by atoms with Crippen LogP contribution in [0.2, 0.25) is 0 Å². The minimum Gasteiger partial charge on any atom is -0.489 e. The van der Waals surface area contributed by atoms with E-state index in [1.54, 1.807) is 37.3 Å². The molecule has 0 aromatic heterocycles. The van der Waals surface area contributed by atoms with Gasteiger partial charge in [0.05, 0.1) is 28.2 Å². The van der Waals surface area contributed by atoms with Crippen LogP contribution in [0.1, 0.15) is 33.4 Å². The number of nitriles is 2. The van der Waals surface area contributed by atoms with Crippen molar-refractivity contribution in [1.29, 1.82) is 10.5 Å². The van der Waals surface area contributed by atoms with Gasteiger partial charge >= 0.3 is 0 Å². The van der Waals surface area contributed by atoms with Gasteiger partial charge in [0.2, 0.25) is 0 Å². The number of nitro benzene ring substituents is 1. The minimum absolute atomic E-state index is 0.0345. The van der Waals surface area contributed by atoms with E-state index < -0.39 is 4.92 Å². The van der Waals surface area contributed by atoms with E-state index in [1.165, 1.54) is 12.1 Å². The van der Waals surface area contributed by atoms with Gasteiger partial charge in [-0.2, -0.15) is 10.5 Å². The molecule has 4 aromatic carbocycles. The van der Waals surface area contributed by atoms with Crippen LogP contribution >= 0.6 is 0 Å². The molecule has 0 saturated carbocycles. The maximum absolute atomic E-state index is 10.7. The molecule has 2 N–H and O–H groups in total. The summed E-state index contributed by atoms with van der Waals surface area (Å²) in [4.78, 5) is 10.2. The summed E-state index contributed by atoms with van der Waals surface area (Å²) in [7, 11) is 0. The minimum atomic E-state index is -0.443. The number of nitrogens with two attached hydrogens (primary N) is 1. The van der Waals surface area contributed by atoms with Gasteiger partial charge in [0, 0.05) is 28.9 Å². The number of anilines is 1. The van der Waals surface area contributed by atoms with Crippen LogP contribution in [0.5, 0.6) is 11.5 Å². The fourth-order valence-electron chi connectivity index (χ4n) is 3.57. The zero-order valence-corrected chi connectivity index (χ0v) is 21.0. The second kappa shape index (κ2) is 13.1. The zero-order valence-electron chi connectivity index (χ0n) is 21.0. The van der Waals surface area contributed by atoms with E-state index in [1.807, 2.05) is 49.4 Å². The number of benzene rings is 4. The smallest absolute Gasteiger partial charge is 0.269 e. The number of hydrogen-bond acceptors (Lipinski definition) is 7. The summed E-state index contributed by atoms with van der Waals surface area (Å²) in [5.41, 5.74) is 11.0. The number of ether oxygens (including phenoxy) is 2. The van der Waals surface area contributed by atoms with Gasteiger partial charge in [-0.05, 0) is 61.4 Å². The maximum Gasteiger partial charge on any atom is 0.269 e. The standard InChI is InChI=1S/C15H12N2O3.C15H14N2O/c1-11-8-14(17(18)19)6-7-15(11)20-10-13-5-3-2-4-12(13)9-16;1-11-8-14(17)6-7-15(11)18-10-13-5-3-2-4-12(13)9-16/h2-8H,10H2,1H3;2-8H,10,17H2,1H3. The van der Waals surface area contributed by atoms with E-state index in [2.05, 4.69) is 12.1 Å². The SMILES string of the molecule is Cc1cc(N)ccc1OCc1ccccc1C#N.Cc1cc([N+](=O)[O-])ccc1OCc1ccccc1C#N. The molecule has 0 amide bonds. The van der Waals surface area contributed by atoms with Crippen molar-refractivity contribution >= 4 is 11.4 Å². The highest BCUT2D eigenvalue weighted by Gasteiger charge is 2.10. The number of nitro groups is 1. The highest BCUT2D eigenvalue weighted by Crippen LogP contribution is 2.25. The summed E-state index contributed by atoms with van der Waals surface area (Å²) in [5.74, 6) is 1.36. The molecule has 190 valence electrons. The number of aryl methyl sites for hydroxylation is 2. The average molecular weight is 507 g/mol. The quantitative estimate of drug-likeness (QED) is 0.174. The molecule has 0 atom stereocenters. The predicted molar refractivity (Wildman–Crippen MR) is 144 cm³/mol. The summed E-state index contributed by atoms with van der Waals surface area (Å²) < 4.78 is 11.3. The van der Waals surface area contributed by atoms with Crippen molar-refractivity contribution in [2.75, 3.05) is 5.73 Å². The second-order valence-electron chi connectivity index (χ2n) is 8.35. The summed E-state index contributed by atoms with van der Waals surface area (Å²) in [6.07, 6.45) is 0. The Morgan fingerprint density at radius 1 is 0.763 bits per heavy atom. The Hall–Kier alpha value is -5.34. The molecule has 0 radical (unpaired) electrons. The molecule has 0 aliphatic carbocycles. The molecule has 0 aliphatic heterocycles. The molecule has 4 rings (SSSR count). The Kier molecular flexibility index (Phi) is 9.40. The van der Waals surface area contributed by atoms with Crippen molar-refractivity contribution < 1.29 is 14.4 Å². The number of hydrogen-bond donors (Lipinski definition) is 1. The van der Waals surface area contributed by atoms with Crippen molar-refractivity contribution in [2.45, 2.75) is 27.1 Å². The number of non-ortho nitro benzene ring substituents is 1. The Morgan fingerprint density at radius 3 is 1.68 bits per heavy atom. The van der Waals surface area contributed by atoms with Gasteiger partial charge < -0.3 is 15.2 Å². The number of nitrogens with zero attached hydrogens (tertiary/aromatic N) is 3. The third-order valence-corrected chi connectivity index (χ3v) is 5.61. The lowest BCUT2D eigenvalue weighted by Crippen LogP contribution is -2.00. The molecule has 0 spiro atoms. The van der Waals surface area contributed by atoms with Crippen LogP contribution < -0.4 is 15.2 Å². The molecule has 38 heavy (non-hydrogen) atoms. The van der Waals surface area contributed by atoms with Crippen LogP contribution in [0.4, 0.5) is 11.4 Å². The Morgan fingerprint density at radius 2 is 1.24 bits per heavy atom. The van der Waals surface area contributed by atoms with Gasteiger partial charge in [0.1, 0.15) is 24.7 Å². The first kappa shape index (κ1) is 27.3. The highest BCUT2D eigenvalue weighted by atomic mass is 16.6. The largest absolute Gasteiger partial charge is 0.489 e. The second-order valence-corrected chi connectivity index (χ2v) is 8.35. The molecule has 0 fully saturated rings. The number of rotatable bonds is 7. The van der Waals surface area contributed by atoms with Gasteiger partial charge in [-0.3, -0.25) is 10.1 Å². The van der Waals surface area contributed by atoms with E-state index in [0.717, 1.165) is 28.1 Å². The van der Waals surface area contributed by atoms with Crippen molar-refractivity contribution in [2.24, 2.45) is 0 Å². The summed E-state index contributed by atoms with van der Waals surface area (Å²) in [6.45, 7) is 4.33. The van der Waals surface area contributed by atoms with Gasteiger partial charge in [-0.15, -0.1) is 0 Å². The zero-order chi connectivity index (χ0) is 27.5. The molecule has 0 bridgehead atoms. The first-order valence-corrected chi connectivity index (χ1v) is 11.6. The van der Waals surface area contributed by atoms with Gasteiger partial charge in [-0.1, -0.05) is 36.4 Å². The molecule has 0 heterocycles.